The molecule has 0 saturated heterocycles. The van der Waals surface area contributed by atoms with Gasteiger partial charge in [-0.15, -0.1) is 0 Å². The van der Waals surface area contributed by atoms with Gasteiger partial charge in [-0.25, -0.2) is 0 Å². The molecule has 1 atom stereocenters. The van der Waals surface area contributed by atoms with Crippen molar-refractivity contribution in [2.75, 3.05) is 38.8 Å². The number of hydrogen-bond donors (Lipinski definition) is 2. The fraction of sp³-hybridized carbons (Fsp3) is 0.562. The number of aliphatic hydroxyl groups excluding tert-OH is 1. The Morgan fingerprint density at radius 2 is 2.00 bits per heavy atom. The van der Waals surface area contributed by atoms with Crippen LogP contribution in [0.4, 0.5) is 5.69 Å². The summed E-state index contributed by atoms with van der Waals surface area (Å²) in [5.74, 6) is -0.210. The van der Waals surface area contributed by atoms with Gasteiger partial charge >= 0.3 is 5.97 Å². The summed E-state index contributed by atoms with van der Waals surface area (Å²) in [6.07, 6.45) is 1.04. The third-order valence-corrected chi connectivity index (χ3v) is 3.20. The number of hydrogen-bond acceptors (Lipinski definition) is 5. The maximum atomic E-state index is 11.6. The Morgan fingerprint density at radius 1 is 1.33 bits per heavy atom. The van der Waals surface area contributed by atoms with E-state index >= 15 is 0 Å². The Balaban J connectivity index is 2.63. The van der Waals surface area contributed by atoms with Gasteiger partial charge in [-0.2, -0.15) is 0 Å². The van der Waals surface area contributed by atoms with Gasteiger partial charge in [-0.1, -0.05) is 12.1 Å². The van der Waals surface area contributed by atoms with E-state index in [9.17, 15) is 4.79 Å². The van der Waals surface area contributed by atoms with Crippen LogP contribution >= 0.6 is 0 Å². The van der Waals surface area contributed by atoms with Crippen LogP contribution < -0.4 is 10.2 Å². The molecule has 2 N–H and O–H groups in total. The van der Waals surface area contributed by atoms with Gasteiger partial charge < -0.3 is 20.1 Å². The van der Waals surface area contributed by atoms with Crippen LogP contribution in [0, 0.1) is 0 Å². The van der Waals surface area contributed by atoms with Gasteiger partial charge in [0.15, 0.2) is 0 Å². The summed E-state index contributed by atoms with van der Waals surface area (Å²) in [5.41, 5.74) is 2.30. The third-order valence-electron chi connectivity index (χ3n) is 3.20. The second-order valence-electron chi connectivity index (χ2n) is 5.15. The number of anilines is 1. The zero-order valence-corrected chi connectivity index (χ0v) is 13.1. The predicted molar refractivity (Wildman–Crippen MR) is 84.6 cm³/mol. The van der Waals surface area contributed by atoms with Gasteiger partial charge in [-0.05, 0) is 31.0 Å². The standard InChI is InChI=1S/C16H26N2O3/c1-4-21-16(20)12-14(17-9-10-19)11-13-5-7-15(8-6-13)18(2)3/h5-8,14,17,19H,4,9-12H2,1-3H3. The predicted octanol–water partition coefficient (Wildman–Crippen LogP) is 1.20. The van der Waals surface area contributed by atoms with Crippen LogP contribution in [0.15, 0.2) is 24.3 Å². The molecule has 21 heavy (non-hydrogen) atoms. The SMILES string of the molecule is CCOC(=O)CC(Cc1ccc(N(C)C)cc1)NCCO. The van der Waals surface area contributed by atoms with Gasteiger partial charge in [0.2, 0.25) is 0 Å². The molecule has 1 rings (SSSR count). The number of rotatable bonds is 9. The zero-order valence-electron chi connectivity index (χ0n) is 13.1. The molecule has 0 aliphatic heterocycles. The minimum atomic E-state index is -0.210. The molecule has 0 bridgehead atoms. The number of ether oxygens (including phenoxy) is 1. The highest BCUT2D eigenvalue weighted by Crippen LogP contribution is 2.14. The molecular formula is C16H26N2O3. The van der Waals surface area contributed by atoms with Crippen molar-refractivity contribution in [2.24, 2.45) is 0 Å². The van der Waals surface area contributed by atoms with Crippen molar-refractivity contribution in [2.45, 2.75) is 25.8 Å². The van der Waals surface area contributed by atoms with Crippen LogP contribution in [0.5, 0.6) is 0 Å². The quantitative estimate of drug-likeness (QED) is 0.670. The molecule has 0 heterocycles. The number of esters is 1. The molecule has 118 valence electrons. The fourth-order valence-electron chi connectivity index (χ4n) is 2.12. The van der Waals surface area contributed by atoms with Gasteiger partial charge in [0.25, 0.3) is 0 Å². The Labute approximate surface area is 126 Å². The van der Waals surface area contributed by atoms with E-state index in [2.05, 4.69) is 29.6 Å². The topological polar surface area (TPSA) is 61.8 Å². The van der Waals surface area contributed by atoms with Crippen molar-refractivity contribution in [3.8, 4) is 0 Å². The van der Waals surface area contributed by atoms with Crippen molar-refractivity contribution >= 4 is 11.7 Å². The molecule has 0 aliphatic carbocycles. The lowest BCUT2D eigenvalue weighted by Crippen LogP contribution is -2.35. The minimum absolute atomic E-state index is 0.0265. The second kappa shape index (κ2) is 9.37. The van der Waals surface area contributed by atoms with E-state index in [-0.39, 0.29) is 18.6 Å². The summed E-state index contributed by atoms with van der Waals surface area (Å²) in [5, 5.41) is 12.1. The summed E-state index contributed by atoms with van der Waals surface area (Å²) < 4.78 is 4.99. The average Bonchev–Trinajstić information content (AvgIpc) is 2.45. The number of benzene rings is 1. The maximum Gasteiger partial charge on any atom is 0.307 e. The van der Waals surface area contributed by atoms with Crippen molar-refractivity contribution in [3.63, 3.8) is 0 Å². The number of carbonyl (C=O) groups excluding carboxylic acids is 1. The van der Waals surface area contributed by atoms with Crippen LogP contribution in [-0.4, -0.2) is 51.0 Å². The van der Waals surface area contributed by atoms with E-state index in [1.807, 2.05) is 19.0 Å². The molecule has 0 radical (unpaired) electrons. The number of carbonyl (C=O) groups is 1. The first-order valence-electron chi connectivity index (χ1n) is 7.33. The van der Waals surface area contributed by atoms with E-state index in [0.717, 1.165) is 17.7 Å². The highest BCUT2D eigenvalue weighted by atomic mass is 16.5. The molecule has 0 saturated carbocycles. The molecule has 0 fully saturated rings. The summed E-state index contributed by atoms with van der Waals surface area (Å²) in [6.45, 7) is 2.72. The van der Waals surface area contributed by atoms with Crippen molar-refractivity contribution in [3.05, 3.63) is 29.8 Å². The van der Waals surface area contributed by atoms with Crippen molar-refractivity contribution in [1.29, 1.82) is 0 Å². The van der Waals surface area contributed by atoms with Crippen molar-refractivity contribution in [1.82, 2.24) is 5.32 Å². The first-order valence-corrected chi connectivity index (χ1v) is 7.33. The second-order valence-corrected chi connectivity index (χ2v) is 5.15. The Bertz CT molecular complexity index is 418. The van der Waals surface area contributed by atoms with Crippen LogP contribution in [0.3, 0.4) is 0 Å². The molecule has 5 heteroatoms. The van der Waals surface area contributed by atoms with Gasteiger partial charge in [0.1, 0.15) is 0 Å². The Hall–Kier alpha value is -1.59. The molecule has 1 aromatic rings. The molecular weight excluding hydrogens is 268 g/mol. The van der Waals surface area contributed by atoms with Gasteiger partial charge in [0.05, 0.1) is 19.6 Å². The highest BCUT2D eigenvalue weighted by Gasteiger charge is 2.15. The van der Waals surface area contributed by atoms with Crippen LogP contribution in [0.25, 0.3) is 0 Å². The maximum absolute atomic E-state index is 11.6. The first kappa shape index (κ1) is 17.5. The average molecular weight is 294 g/mol. The largest absolute Gasteiger partial charge is 0.466 e. The third kappa shape index (κ3) is 6.60. The van der Waals surface area contributed by atoms with Gasteiger partial charge in [0, 0.05) is 32.4 Å². The summed E-state index contributed by atoms with van der Waals surface area (Å²) in [7, 11) is 4.00. The Morgan fingerprint density at radius 3 is 2.52 bits per heavy atom. The molecule has 0 amide bonds. The molecule has 0 aliphatic rings. The molecule has 0 spiro atoms. The minimum Gasteiger partial charge on any atom is -0.466 e. The molecule has 5 nitrogen and oxygen atoms in total. The first-order chi connectivity index (χ1) is 10.1. The summed E-state index contributed by atoms with van der Waals surface area (Å²) >= 11 is 0. The lowest BCUT2D eigenvalue weighted by atomic mass is 10.0. The molecule has 1 aromatic carbocycles. The molecule has 1 unspecified atom stereocenters. The van der Waals surface area contributed by atoms with Crippen molar-refractivity contribution < 1.29 is 14.6 Å². The lowest BCUT2D eigenvalue weighted by Gasteiger charge is -2.18. The van der Waals surface area contributed by atoms with E-state index in [0.29, 0.717) is 19.6 Å². The summed E-state index contributed by atoms with van der Waals surface area (Å²) in [6, 6.07) is 8.22. The van der Waals surface area contributed by atoms with Crippen LogP contribution in [-0.2, 0) is 16.0 Å². The van der Waals surface area contributed by atoms with Gasteiger partial charge in [-0.3, -0.25) is 4.79 Å². The van der Waals surface area contributed by atoms with E-state index in [1.165, 1.54) is 0 Å². The number of nitrogens with one attached hydrogen (secondary N) is 1. The smallest absolute Gasteiger partial charge is 0.307 e. The fourth-order valence-corrected chi connectivity index (χ4v) is 2.12. The highest BCUT2D eigenvalue weighted by molar-refractivity contribution is 5.70. The Kier molecular flexibility index (Phi) is 7.79. The van der Waals surface area contributed by atoms with E-state index in [1.54, 1.807) is 6.92 Å². The van der Waals surface area contributed by atoms with Crippen LogP contribution in [0.1, 0.15) is 18.9 Å². The normalized spacial score (nSPS) is 12.0. The lowest BCUT2D eigenvalue weighted by molar-refractivity contribution is -0.143. The monoisotopic (exact) mass is 294 g/mol. The zero-order chi connectivity index (χ0) is 15.7. The van der Waals surface area contributed by atoms with E-state index in [4.69, 9.17) is 9.84 Å². The van der Waals surface area contributed by atoms with Crippen LogP contribution in [0.2, 0.25) is 0 Å². The number of aliphatic hydroxyl groups is 1. The van der Waals surface area contributed by atoms with E-state index < -0.39 is 0 Å². The molecule has 0 aromatic heterocycles. The number of nitrogens with zero attached hydrogens (tertiary/aromatic N) is 1. The summed E-state index contributed by atoms with van der Waals surface area (Å²) in [4.78, 5) is 13.7.